The molecule has 1 aliphatic heterocycles. The highest BCUT2D eigenvalue weighted by Gasteiger charge is 2.44. The number of benzene rings is 1. The van der Waals surface area contributed by atoms with Crippen molar-refractivity contribution >= 4 is 17.7 Å². The van der Waals surface area contributed by atoms with E-state index >= 15 is 0 Å². The van der Waals surface area contributed by atoms with Crippen LogP contribution < -0.4 is 10.6 Å². The smallest absolute Gasteiger partial charge is 0.332 e. The molecule has 114 valence electrons. The largest absolute Gasteiger partial charge is 0.479 e. The zero-order chi connectivity index (χ0) is 15.3. The standard InChI is InChI=1S/C15H20N2O4/c1-2-3-11-4-6-12(7-5-11)16-14(20)17-15(13(18)19)8-9-21-10-15/h4-7H,2-3,8-10H2,1H3,(H,18,19)(H2,16,17,20). The van der Waals surface area contributed by atoms with Gasteiger partial charge in [0.05, 0.1) is 6.61 Å². The molecular formula is C15H20N2O4. The first-order valence-corrected chi connectivity index (χ1v) is 7.05. The minimum absolute atomic E-state index is 0.00874. The van der Waals surface area contributed by atoms with Gasteiger partial charge in [-0.25, -0.2) is 9.59 Å². The summed E-state index contributed by atoms with van der Waals surface area (Å²) in [6, 6.07) is 6.98. The van der Waals surface area contributed by atoms with Crippen LogP contribution in [0.15, 0.2) is 24.3 Å². The number of aliphatic carboxylic acids is 1. The second-order valence-corrected chi connectivity index (χ2v) is 5.22. The summed E-state index contributed by atoms with van der Waals surface area (Å²) in [7, 11) is 0. The molecule has 1 aliphatic rings. The van der Waals surface area contributed by atoms with Gasteiger partial charge in [0.15, 0.2) is 5.54 Å². The van der Waals surface area contributed by atoms with Crippen LogP contribution in [0.3, 0.4) is 0 Å². The van der Waals surface area contributed by atoms with E-state index < -0.39 is 17.5 Å². The molecule has 0 aliphatic carbocycles. The van der Waals surface area contributed by atoms with Gasteiger partial charge < -0.3 is 20.5 Å². The van der Waals surface area contributed by atoms with E-state index in [9.17, 15) is 14.7 Å². The second-order valence-electron chi connectivity index (χ2n) is 5.22. The van der Waals surface area contributed by atoms with Gasteiger partial charge in [-0.3, -0.25) is 0 Å². The number of carbonyl (C=O) groups is 2. The molecule has 21 heavy (non-hydrogen) atoms. The number of carbonyl (C=O) groups excluding carboxylic acids is 1. The van der Waals surface area contributed by atoms with Gasteiger partial charge in [0.1, 0.15) is 0 Å². The molecule has 3 N–H and O–H groups in total. The van der Waals surface area contributed by atoms with Gasteiger partial charge in [0.2, 0.25) is 0 Å². The third-order valence-corrected chi connectivity index (χ3v) is 3.53. The molecule has 0 saturated carbocycles. The van der Waals surface area contributed by atoms with Crippen LogP contribution in [-0.2, 0) is 16.0 Å². The predicted octanol–water partition coefficient (Wildman–Crippen LogP) is 2.00. The fourth-order valence-corrected chi connectivity index (χ4v) is 2.31. The van der Waals surface area contributed by atoms with E-state index in [-0.39, 0.29) is 13.0 Å². The van der Waals surface area contributed by atoms with Crippen LogP contribution in [-0.4, -0.2) is 35.9 Å². The van der Waals surface area contributed by atoms with E-state index in [2.05, 4.69) is 17.6 Å². The van der Waals surface area contributed by atoms with E-state index in [0.717, 1.165) is 12.8 Å². The van der Waals surface area contributed by atoms with E-state index in [1.165, 1.54) is 5.56 Å². The van der Waals surface area contributed by atoms with Gasteiger partial charge in [-0.05, 0) is 24.1 Å². The zero-order valence-electron chi connectivity index (χ0n) is 12.0. The molecule has 0 spiro atoms. The van der Waals surface area contributed by atoms with Crippen molar-refractivity contribution in [1.82, 2.24) is 5.32 Å². The van der Waals surface area contributed by atoms with Crippen LogP contribution in [0.1, 0.15) is 25.3 Å². The summed E-state index contributed by atoms with van der Waals surface area (Å²) in [5.74, 6) is -1.08. The van der Waals surface area contributed by atoms with Gasteiger partial charge >= 0.3 is 12.0 Å². The third-order valence-electron chi connectivity index (χ3n) is 3.53. The molecule has 0 bridgehead atoms. The average Bonchev–Trinajstić information content (AvgIpc) is 2.91. The lowest BCUT2D eigenvalue weighted by atomic mass is 9.99. The Bertz CT molecular complexity index is 507. The number of rotatable bonds is 5. The highest BCUT2D eigenvalue weighted by molar-refractivity contribution is 5.94. The molecule has 1 aromatic carbocycles. The number of carboxylic acid groups (broad SMARTS) is 1. The van der Waals surface area contributed by atoms with Gasteiger partial charge in [-0.2, -0.15) is 0 Å². The summed E-state index contributed by atoms with van der Waals surface area (Å²) < 4.78 is 5.09. The lowest BCUT2D eigenvalue weighted by Gasteiger charge is -2.23. The Hall–Kier alpha value is -2.08. The van der Waals surface area contributed by atoms with Crippen molar-refractivity contribution in [3.8, 4) is 0 Å². The minimum Gasteiger partial charge on any atom is -0.479 e. The quantitative estimate of drug-likeness (QED) is 0.774. The van der Waals surface area contributed by atoms with E-state index in [4.69, 9.17) is 4.74 Å². The van der Waals surface area contributed by atoms with E-state index in [0.29, 0.717) is 12.3 Å². The van der Waals surface area contributed by atoms with Crippen LogP contribution in [0.2, 0.25) is 0 Å². The molecule has 1 saturated heterocycles. The van der Waals surface area contributed by atoms with Crippen LogP contribution >= 0.6 is 0 Å². The number of ether oxygens (including phenoxy) is 1. The van der Waals surface area contributed by atoms with Gasteiger partial charge in [0.25, 0.3) is 0 Å². The average molecular weight is 292 g/mol. The second kappa shape index (κ2) is 6.58. The number of aryl methyl sites for hydroxylation is 1. The summed E-state index contributed by atoms with van der Waals surface area (Å²) in [5.41, 5.74) is 0.508. The van der Waals surface area contributed by atoms with Crippen molar-refractivity contribution in [2.45, 2.75) is 31.7 Å². The summed E-state index contributed by atoms with van der Waals surface area (Å²) in [5, 5.41) is 14.4. The monoisotopic (exact) mass is 292 g/mol. The maximum atomic E-state index is 11.9. The summed E-state index contributed by atoms with van der Waals surface area (Å²) in [4.78, 5) is 23.3. The molecule has 2 rings (SSSR count). The maximum absolute atomic E-state index is 11.9. The lowest BCUT2D eigenvalue weighted by Crippen LogP contribution is -2.56. The Morgan fingerprint density at radius 2 is 2.05 bits per heavy atom. The van der Waals surface area contributed by atoms with Crippen molar-refractivity contribution in [1.29, 1.82) is 0 Å². The summed E-state index contributed by atoms with van der Waals surface area (Å²) >= 11 is 0. The highest BCUT2D eigenvalue weighted by atomic mass is 16.5. The first kappa shape index (κ1) is 15.3. The zero-order valence-corrected chi connectivity index (χ0v) is 12.0. The summed E-state index contributed by atoms with van der Waals surface area (Å²) in [6.45, 7) is 2.43. The van der Waals surface area contributed by atoms with Crippen LogP contribution in [0, 0.1) is 0 Å². The Morgan fingerprint density at radius 3 is 2.57 bits per heavy atom. The lowest BCUT2D eigenvalue weighted by molar-refractivity contribution is -0.144. The van der Waals surface area contributed by atoms with Crippen molar-refractivity contribution in [2.24, 2.45) is 0 Å². The predicted molar refractivity (Wildman–Crippen MR) is 78.4 cm³/mol. The maximum Gasteiger partial charge on any atom is 0.332 e. The number of carboxylic acids is 1. The summed E-state index contributed by atoms with van der Waals surface area (Å²) in [6.07, 6.45) is 2.32. The van der Waals surface area contributed by atoms with Crippen LogP contribution in [0.4, 0.5) is 10.5 Å². The fourth-order valence-electron chi connectivity index (χ4n) is 2.31. The molecule has 0 radical (unpaired) electrons. The molecule has 6 heteroatoms. The first-order chi connectivity index (χ1) is 10.1. The van der Waals surface area contributed by atoms with Crippen molar-refractivity contribution in [3.05, 3.63) is 29.8 Å². The Morgan fingerprint density at radius 1 is 1.33 bits per heavy atom. The molecule has 1 heterocycles. The molecule has 2 amide bonds. The van der Waals surface area contributed by atoms with Crippen molar-refractivity contribution in [2.75, 3.05) is 18.5 Å². The van der Waals surface area contributed by atoms with Crippen molar-refractivity contribution in [3.63, 3.8) is 0 Å². The van der Waals surface area contributed by atoms with Crippen LogP contribution in [0.5, 0.6) is 0 Å². The molecule has 1 fully saturated rings. The van der Waals surface area contributed by atoms with Crippen molar-refractivity contribution < 1.29 is 19.4 Å². The molecular weight excluding hydrogens is 272 g/mol. The number of nitrogens with one attached hydrogen (secondary N) is 2. The van der Waals surface area contributed by atoms with Gasteiger partial charge in [-0.15, -0.1) is 0 Å². The SMILES string of the molecule is CCCc1ccc(NC(=O)NC2(C(=O)O)CCOC2)cc1. The third kappa shape index (κ3) is 3.72. The number of hydrogen-bond donors (Lipinski definition) is 3. The number of hydrogen-bond acceptors (Lipinski definition) is 3. The Kier molecular flexibility index (Phi) is 4.80. The first-order valence-electron chi connectivity index (χ1n) is 7.05. The van der Waals surface area contributed by atoms with Gasteiger partial charge in [-0.1, -0.05) is 25.5 Å². The molecule has 0 aromatic heterocycles. The Labute approximate surface area is 123 Å². The van der Waals surface area contributed by atoms with Gasteiger partial charge in [0, 0.05) is 18.7 Å². The molecule has 6 nitrogen and oxygen atoms in total. The number of anilines is 1. The highest BCUT2D eigenvalue weighted by Crippen LogP contribution is 2.19. The molecule has 1 atom stereocenters. The van der Waals surface area contributed by atoms with Crippen LogP contribution in [0.25, 0.3) is 0 Å². The number of amides is 2. The minimum atomic E-state index is -1.33. The molecule has 1 aromatic rings. The Balaban J connectivity index is 1.96. The fraction of sp³-hybridized carbons (Fsp3) is 0.467. The molecule has 1 unspecified atom stereocenters. The normalized spacial score (nSPS) is 21.0. The topological polar surface area (TPSA) is 87.7 Å². The van der Waals surface area contributed by atoms with E-state index in [1.807, 2.05) is 24.3 Å². The van der Waals surface area contributed by atoms with E-state index in [1.54, 1.807) is 0 Å². The number of urea groups is 1.